The standard InChI is InChI=1S/C22H19N5O2S/c1-16-9-11-17(12-10-16)21-25-26-22(27(21)18-6-3-2-4-7-18)30-15-20(28)24-23-14-19-8-5-13-29-19/h2-14H,15H2,1H3,(H,24,28)/b23-14+. The van der Waals surface area contributed by atoms with E-state index >= 15 is 0 Å². The average molecular weight is 417 g/mol. The number of nitrogens with one attached hydrogen (secondary N) is 1. The average Bonchev–Trinajstić information content (AvgIpc) is 3.43. The largest absolute Gasteiger partial charge is 0.463 e. The summed E-state index contributed by atoms with van der Waals surface area (Å²) in [5.41, 5.74) is 5.54. The van der Waals surface area contributed by atoms with Gasteiger partial charge in [-0.1, -0.05) is 59.8 Å². The molecule has 0 spiro atoms. The van der Waals surface area contributed by atoms with Crippen LogP contribution in [0.2, 0.25) is 0 Å². The fourth-order valence-electron chi connectivity index (χ4n) is 2.76. The van der Waals surface area contributed by atoms with Crippen molar-refractivity contribution in [3.8, 4) is 17.1 Å². The van der Waals surface area contributed by atoms with Crippen molar-refractivity contribution < 1.29 is 9.21 Å². The van der Waals surface area contributed by atoms with Crippen molar-refractivity contribution in [3.63, 3.8) is 0 Å². The minimum atomic E-state index is -0.248. The Kier molecular flexibility index (Phi) is 6.05. The van der Waals surface area contributed by atoms with E-state index in [0.29, 0.717) is 10.9 Å². The number of carbonyl (C=O) groups excluding carboxylic acids is 1. The highest BCUT2D eigenvalue weighted by Crippen LogP contribution is 2.28. The van der Waals surface area contributed by atoms with Gasteiger partial charge in [-0.25, -0.2) is 5.43 Å². The molecule has 7 nitrogen and oxygen atoms in total. The van der Waals surface area contributed by atoms with Crippen LogP contribution in [-0.2, 0) is 4.79 Å². The molecule has 0 aliphatic rings. The van der Waals surface area contributed by atoms with E-state index in [0.717, 1.165) is 17.1 Å². The number of para-hydroxylation sites is 1. The minimum absolute atomic E-state index is 0.147. The predicted molar refractivity (Wildman–Crippen MR) is 117 cm³/mol. The van der Waals surface area contributed by atoms with Gasteiger partial charge in [-0.15, -0.1) is 10.2 Å². The Hall–Kier alpha value is -3.65. The molecule has 4 rings (SSSR count). The van der Waals surface area contributed by atoms with Crippen LogP contribution in [0.3, 0.4) is 0 Å². The summed E-state index contributed by atoms with van der Waals surface area (Å²) in [5, 5.41) is 13.2. The van der Waals surface area contributed by atoms with Crippen molar-refractivity contribution in [2.45, 2.75) is 12.1 Å². The molecule has 0 radical (unpaired) electrons. The van der Waals surface area contributed by atoms with Crippen molar-refractivity contribution >= 4 is 23.9 Å². The quantitative estimate of drug-likeness (QED) is 0.278. The third-order valence-electron chi connectivity index (χ3n) is 4.21. The summed E-state index contributed by atoms with van der Waals surface area (Å²) in [6.45, 7) is 2.04. The molecule has 0 saturated carbocycles. The van der Waals surface area contributed by atoms with Crippen LogP contribution >= 0.6 is 11.8 Å². The molecular weight excluding hydrogens is 398 g/mol. The molecule has 0 atom stereocenters. The molecule has 1 amide bonds. The molecule has 2 aromatic heterocycles. The Bertz CT molecular complexity index is 1140. The van der Waals surface area contributed by atoms with Crippen molar-refractivity contribution in [2.75, 3.05) is 5.75 Å². The Morgan fingerprint density at radius 3 is 2.63 bits per heavy atom. The molecular formula is C22H19N5O2S. The molecule has 4 aromatic rings. The van der Waals surface area contributed by atoms with Gasteiger partial charge in [0.2, 0.25) is 0 Å². The number of carbonyl (C=O) groups is 1. The predicted octanol–water partition coefficient (Wildman–Crippen LogP) is 4.08. The third kappa shape index (κ3) is 4.66. The van der Waals surface area contributed by atoms with Crippen LogP contribution < -0.4 is 5.43 Å². The number of nitrogens with zero attached hydrogens (tertiary/aromatic N) is 4. The molecule has 2 aromatic carbocycles. The van der Waals surface area contributed by atoms with Crippen molar-refractivity contribution in [1.82, 2.24) is 20.2 Å². The van der Waals surface area contributed by atoms with E-state index in [1.54, 1.807) is 18.4 Å². The van der Waals surface area contributed by atoms with E-state index in [4.69, 9.17) is 4.42 Å². The zero-order valence-electron chi connectivity index (χ0n) is 16.2. The number of aryl methyl sites for hydroxylation is 1. The van der Waals surface area contributed by atoms with E-state index < -0.39 is 0 Å². The molecule has 0 aliphatic carbocycles. The first-order valence-electron chi connectivity index (χ1n) is 9.27. The van der Waals surface area contributed by atoms with Gasteiger partial charge < -0.3 is 4.42 Å². The van der Waals surface area contributed by atoms with Gasteiger partial charge in [0.25, 0.3) is 5.91 Å². The molecule has 2 heterocycles. The Balaban J connectivity index is 1.53. The topological polar surface area (TPSA) is 85.3 Å². The van der Waals surface area contributed by atoms with Gasteiger partial charge in [0, 0.05) is 11.3 Å². The molecule has 30 heavy (non-hydrogen) atoms. The van der Waals surface area contributed by atoms with Gasteiger partial charge in [-0.2, -0.15) is 5.10 Å². The molecule has 0 fully saturated rings. The van der Waals surface area contributed by atoms with Gasteiger partial charge in [0.1, 0.15) is 5.76 Å². The summed E-state index contributed by atoms with van der Waals surface area (Å²) in [6.07, 6.45) is 2.99. The monoisotopic (exact) mass is 417 g/mol. The van der Waals surface area contributed by atoms with Crippen LogP contribution in [0.4, 0.5) is 0 Å². The van der Waals surface area contributed by atoms with E-state index in [1.165, 1.54) is 23.5 Å². The number of thioether (sulfide) groups is 1. The zero-order chi connectivity index (χ0) is 20.8. The summed E-state index contributed by atoms with van der Waals surface area (Å²) >= 11 is 1.30. The molecule has 0 aliphatic heterocycles. The highest BCUT2D eigenvalue weighted by atomic mass is 32.2. The summed E-state index contributed by atoms with van der Waals surface area (Å²) in [7, 11) is 0. The van der Waals surface area contributed by atoms with Gasteiger partial charge in [0.15, 0.2) is 11.0 Å². The van der Waals surface area contributed by atoms with Crippen LogP contribution in [0.1, 0.15) is 11.3 Å². The number of benzene rings is 2. The second-order valence-corrected chi connectivity index (χ2v) is 7.38. The Morgan fingerprint density at radius 1 is 1.10 bits per heavy atom. The zero-order valence-corrected chi connectivity index (χ0v) is 17.0. The number of hydrogen-bond acceptors (Lipinski definition) is 6. The van der Waals surface area contributed by atoms with Crippen molar-refractivity contribution in [2.24, 2.45) is 5.10 Å². The fraction of sp³-hybridized carbons (Fsp3) is 0.0909. The van der Waals surface area contributed by atoms with Gasteiger partial charge in [-0.05, 0) is 31.2 Å². The number of aromatic nitrogens is 3. The molecule has 0 saturated heterocycles. The number of furan rings is 1. The van der Waals surface area contributed by atoms with Crippen LogP contribution in [-0.4, -0.2) is 32.6 Å². The lowest BCUT2D eigenvalue weighted by molar-refractivity contribution is -0.118. The molecule has 150 valence electrons. The maximum Gasteiger partial charge on any atom is 0.250 e. The lowest BCUT2D eigenvalue weighted by Gasteiger charge is -2.10. The second-order valence-electron chi connectivity index (χ2n) is 6.44. The second kappa shape index (κ2) is 9.23. The third-order valence-corrected chi connectivity index (χ3v) is 5.14. The first-order chi connectivity index (χ1) is 14.7. The molecule has 1 N–H and O–H groups in total. The van der Waals surface area contributed by atoms with Gasteiger partial charge >= 0.3 is 0 Å². The summed E-state index contributed by atoms with van der Waals surface area (Å²) in [5.74, 6) is 1.19. The minimum Gasteiger partial charge on any atom is -0.463 e. The van der Waals surface area contributed by atoms with E-state index in [9.17, 15) is 4.79 Å². The first-order valence-corrected chi connectivity index (χ1v) is 10.3. The van der Waals surface area contributed by atoms with Crippen LogP contribution in [0.5, 0.6) is 0 Å². The SMILES string of the molecule is Cc1ccc(-c2nnc(SCC(=O)N/N=C/c3ccco3)n2-c2ccccc2)cc1. The number of amides is 1. The van der Waals surface area contributed by atoms with E-state index in [2.05, 4.69) is 20.7 Å². The number of rotatable bonds is 7. The highest BCUT2D eigenvalue weighted by Gasteiger charge is 2.17. The number of hydrogen-bond donors (Lipinski definition) is 1. The van der Waals surface area contributed by atoms with Crippen LogP contribution in [0.15, 0.2) is 87.7 Å². The summed E-state index contributed by atoms with van der Waals surface area (Å²) in [6, 6.07) is 21.5. The molecule has 8 heteroatoms. The van der Waals surface area contributed by atoms with E-state index in [1.807, 2.05) is 66.1 Å². The van der Waals surface area contributed by atoms with Gasteiger partial charge in [-0.3, -0.25) is 9.36 Å². The van der Waals surface area contributed by atoms with Crippen molar-refractivity contribution in [3.05, 3.63) is 84.3 Å². The lowest BCUT2D eigenvalue weighted by atomic mass is 10.1. The molecule has 0 unspecified atom stereocenters. The maximum atomic E-state index is 12.2. The molecule has 0 bridgehead atoms. The smallest absolute Gasteiger partial charge is 0.250 e. The lowest BCUT2D eigenvalue weighted by Crippen LogP contribution is -2.19. The first kappa shape index (κ1) is 19.7. The Morgan fingerprint density at radius 2 is 1.90 bits per heavy atom. The van der Waals surface area contributed by atoms with Gasteiger partial charge in [0.05, 0.1) is 18.2 Å². The van der Waals surface area contributed by atoms with Crippen LogP contribution in [0.25, 0.3) is 17.1 Å². The maximum absolute atomic E-state index is 12.2. The fourth-order valence-corrected chi connectivity index (χ4v) is 3.50. The summed E-state index contributed by atoms with van der Waals surface area (Å²) < 4.78 is 7.09. The highest BCUT2D eigenvalue weighted by molar-refractivity contribution is 7.99. The van der Waals surface area contributed by atoms with Crippen LogP contribution in [0, 0.1) is 6.92 Å². The summed E-state index contributed by atoms with van der Waals surface area (Å²) in [4.78, 5) is 12.2. The normalized spacial score (nSPS) is 11.1. The number of hydrazone groups is 1. The van der Waals surface area contributed by atoms with Crippen molar-refractivity contribution in [1.29, 1.82) is 0 Å². The Labute approximate surface area is 177 Å². The van der Waals surface area contributed by atoms with E-state index in [-0.39, 0.29) is 11.7 Å².